The molecule has 1 aliphatic rings. The number of ether oxygens (including phenoxy) is 1. The molecule has 0 spiro atoms. The summed E-state index contributed by atoms with van der Waals surface area (Å²) in [5, 5.41) is 9.07. The molecule has 4 nitrogen and oxygen atoms in total. The number of nitriles is 1. The van der Waals surface area contributed by atoms with Crippen LogP contribution in [0.5, 0.6) is 5.75 Å². The Hall–Kier alpha value is -1.57. The molecule has 0 radical (unpaired) electrons. The standard InChI is InChI=1S/C17H25N3O/c1-3-16-14-19(2)9-6-10-20(16)11-12-21-17-8-5-4-7-15(17)13-18/h4-5,7-8,16H,3,6,9-12,14H2,1-2H3. The molecular formula is C17H25N3O. The first-order chi connectivity index (χ1) is 10.2. The molecule has 21 heavy (non-hydrogen) atoms. The largest absolute Gasteiger partial charge is 0.491 e. The Morgan fingerprint density at radius 1 is 1.33 bits per heavy atom. The highest BCUT2D eigenvalue weighted by molar-refractivity contribution is 5.42. The Kier molecular flexibility index (Phi) is 6.04. The monoisotopic (exact) mass is 287 g/mol. The molecule has 114 valence electrons. The minimum Gasteiger partial charge on any atom is -0.491 e. The number of rotatable bonds is 5. The van der Waals surface area contributed by atoms with E-state index in [-0.39, 0.29) is 0 Å². The fraction of sp³-hybridized carbons (Fsp3) is 0.588. The van der Waals surface area contributed by atoms with Gasteiger partial charge in [-0.3, -0.25) is 4.90 Å². The Balaban J connectivity index is 1.88. The van der Waals surface area contributed by atoms with Crippen molar-refractivity contribution in [2.45, 2.75) is 25.8 Å². The molecular weight excluding hydrogens is 262 g/mol. The van der Waals surface area contributed by atoms with Gasteiger partial charge in [0.1, 0.15) is 18.4 Å². The maximum Gasteiger partial charge on any atom is 0.137 e. The lowest BCUT2D eigenvalue weighted by Crippen LogP contribution is -2.41. The molecule has 1 unspecified atom stereocenters. The van der Waals surface area contributed by atoms with Gasteiger partial charge in [0.05, 0.1) is 5.56 Å². The predicted octanol–water partition coefficient (Wildman–Crippen LogP) is 2.35. The molecule has 0 aliphatic carbocycles. The second-order valence-corrected chi connectivity index (χ2v) is 5.67. The summed E-state index contributed by atoms with van der Waals surface area (Å²) in [7, 11) is 2.20. The maximum atomic E-state index is 9.07. The van der Waals surface area contributed by atoms with E-state index in [1.807, 2.05) is 18.2 Å². The van der Waals surface area contributed by atoms with Crippen LogP contribution in [0.2, 0.25) is 0 Å². The van der Waals surface area contributed by atoms with E-state index in [2.05, 4.69) is 29.8 Å². The molecule has 0 bridgehead atoms. The Bertz CT molecular complexity index is 483. The van der Waals surface area contributed by atoms with E-state index >= 15 is 0 Å². The first-order valence-corrected chi connectivity index (χ1v) is 7.79. The zero-order valence-electron chi connectivity index (χ0n) is 13.1. The van der Waals surface area contributed by atoms with Crippen LogP contribution in [0.1, 0.15) is 25.3 Å². The van der Waals surface area contributed by atoms with Crippen LogP contribution < -0.4 is 4.74 Å². The van der Waals surface area contributed by atoms with E-state index in [4.69, 9.17) is 10.00 Å². The van der Waals surface area contributed by atoms with E-state index in [9.17, 15) is 0 Å². The van der Waals surface area contributed by atoms with Gasteiger partial charge in [-0.1, -0.05) is 19.1 Å². The molecule has 0 N–H and O–H groups in total. The summed E-state index contributed by atoms with van der Waals surface area (Å²) in [6.07, 6.45) is 2.38. The number of hydrogen-bond acceptors (Lipinski definition) is 4. The smallest absolute Gasteiger partial charge is 0.137 e. The Morgan fingerprint density at radius 3 is 2.90 bits per heavy atom. The zero-order chi connectivity index (χ0) is 15.1. The summed E-state index contributed by atoms with van der Waals surface area (Å²) in [5.74, 6) is 0.694. The summed E-state index contributed by atoms with van der Waals surface area (Å²) in [6.45, 7) is 7.25. The van der Waals surface area contributed by atoms with Crippen LogP contribution in [0.4, 0.5) is 0 Å². The number of nitrogens with zero attached hydrogens (tertiary/aromatic N) is 3. The number of likely N-dealkylation sites (N-methyl/N-ethyl adjacent to an activating group) is 1. The summed E-state index contributed by atoms with van der Waals surface area (Å²) in [6, 6.07) is 10.2. The van der Waals surface area contributed by atoms with Gasteiger partial charge < -0.3 is 9.64 Å². The van der Waals surface area contributed by atoms with Crippen LogP contribution in [-0.4, -0.2) is 55.7 Å². The van der Waals surface area contributed by atoms with Gasteiger partial charge in [0.2, 0.25) is 0 Å². The molecule has 0 aromatic heterocycles. The lowest BCUT2D eigenvalue weighted by Gasteiger charge is -2.30. The van der Waals surface area contributed by atoms with Crippen molar-refractivity contribution in [2.75, 3.05) is 39.8 Å². The normalized spacial score (nSPS) is 20.7. The minimum absolute atomic E-state index is 0.604. The van der Waals surface area contributed by atoms with Crippen molar-refractivity contribution in [2.24, 2.45) is 0 Å². The predicted molar refractivity (Wildman–Crippen MR) is 84.4 cm³/mol. The molecule has 1 aromatic rings. The van der Waals surface area contributed by atoms with Crippen LogP contribution in [-0.2, 0) is 0 Å². The van der Waals surface area contributed by atoms with E-state index in [1.165, 1.54) is 19.4 Å². The van der Waals surface area contributed by atoms with Crippen LogP contribution >= 0.6 is 0 Å². The van der Waals surface area contributed by atoms with Crippen LogP contribution in [0.15, 0.2) is 24.3 Å². The lowest BCUT2D eigenvalue weighted by molar-refractivity contribution is 0.152. The molecule has 1 aromatic carbocycles. The van der Waals surface area contributed by atoms with Gasteiger partial charge in [-0.2, -0.15) is 5.26 Å². The Labute approximate surface area is 127 Å². The van der Waals surface area contributed by atoms with Crippen LogP contribution in [0, 0.1) is 11.3 Å². The third-order valence-electron chi connectivity index (χ3n) is 4.14. The molecule has 4 heteroatoms. The van der Waals surface area contributed by atoms with Crippen molar-refractivity contribution in [3.8, 4) is 11.8 Å². The van der Waals surface area contributed by atoms with Gasteiger partial charge in [-0.25, -0.2) is 0 Å². The van der Waals surface area contributed by atoms with Gasteiger partial charge in [-0.15, -0.1) is 0 Å². The third-order valence-corrected chi connectivity index (χ3v) is 4.14. The van der Waals surface area contributed by atoms with Crippen molar-refractivity contribution in [3.05, 3.63) is 29.8 Å². The number of benzene rings is 1. The van der Waals surface area contributed by atoms with Gasteiger partial charge in [0.25, 0.3) is 0 Å². The summed E-state index contributed by atoms with van der Waals surface area (Å²) in [5.41, 5.74) is 0.611. The van der Waals surface area contributed by atoms with Crippen molar-refractivity contribution in [1.82, 2.24) is 9.80 Å². The number of hydrogen-bond donors (Lipinski definition) is 0. The second kappa shape index (κ2) is 8.02. The van der Waals surface area contributed by atoms with Crippen molar-refractivity contribution in [1.29, 1.82) is 5.26 Å². The molecule has 1 saturated heterocycles. The van der Waals surface area contributed by atoms with E-state index < -0.39 is 0 Å². The van der Waals surface area contributed by atoms with E-state index in [0.29, 0.717) is 24.0 Å². The highest BCUT2D eigenvalue weighted by Gasteiger charge is 2.21. The highest BCUT2D eigenvalue weighted by atomic mass is 16.5. The molecule has 0 amide bonds. The lowest BCUT2D eigenvalue weighted by atomic mass is 10.2. The topological polar surface area (TPSA) is 39.5 Å². The average Bonchev–Trinajstić information content (AvgIpc) is 2.69. The van der Waals surface area contributed by atoms with Gasteiger partial charge >= 0.3 is 0 Å². The fourth-order valence-electron chi connectivity index (χ4n) is 2.93. The third kappa shape index (κ3) is 4.45. The minimum atomic E-state index is 0.604. The average molecular weight is 287 g/mol. The summed E-state index contributed by atoms with van der Waals surface area (Å²) < 4.78 is 5.81. The molecule has 1 atom stereocenters. The van der Waals surface area contributed by atoms with Gasteiger partial charge in [-0.05, 0) is 45.1 Å². The van der Waals surface area contributed by atoms with Crippen LogP contribution in [0.3, 0.4) is 0 Å². The van der Waals surface area contributed by atoms with Gasteiger partial charge in [0.15, 0.2) is 0 Å². The van der Waals surface area contributed by atoms with Crippen LogP contribution in [0.25, 0.3) is 0 Å². The summed E-state index contributed by atoms with van der Waals surface area (Å²) in [4.78, 5) is 4.94. The first-order valence-electron chi connectivity index (χ1n) is 7.79. The van der Waals surface area contributed by atoms with Crippen molar-refractivity contribution >= 4 is 0 Å². The SMILES string of the molecule is CCC1CN(C)CCCN1CCOc1ccccc1C#N. The maximum absolute atomic E-state index is 9.07. The molecule has 2 rings (SSSR count). The quantitative estimate of drug-likeness (QED) is 0.833. The molecule has 0 saturated carbocycles. The molecule has 1 aliphatic heterocycles. The number of para-hydroxylation sites is 1. The molecule has 1 heterocycles. The highest BCUT2D eigenvalue weighted by Crippen LogP contribution is 2.17. The fourth-order valence-corrected chi connectivity index (χ4v) is 2.93. The second-order valence-electron chi connectivity index (χ2n) is 5.67. The van der Waals surface area contributed by atoms with E-state index in [0.717, 1.165) is 19.6 Å². The Morgan fingerprint density at radius 2 is 2.14 bits per heavy atom. The summed E-state index contributed by atoms with van der Waals surface area (Å²) >= 11 is 0. The van der Waals surface area contributed by atoms with Crippen molar-refractivity contribution in [3.63, 3.8) is 0 Å². The first kappa shape index (κ1) is 15.8. The van der Waals surface area contributed by atoms with Gasteiger partial charge in [0, 0.05) is 19.1 Å². The zero-order valence-corrected chi connectivity index (χ0v) is 13.1. The van der Waals surface area contributed by atoms with E-state index in [1.54, 1.807) is 6.07 Å². The van der Waals surface area contributed by atoms with Crippen molar-refractivity contribution < 1.29 is 4.74 Å². The molecule has 1 fully saturated rings.